The van der Waals surface area contributed by atoms with E-state index in [-0.39, 0.29) is 18.2 Å². The van der Waals surface area contributed by atoms with Crippen molar-refractivity contribution in [1.82, 2.24) is 4.90 Å². The van der Waals surface area contributed by atoms with Gasteiger partial charge in [-0.15, -0.1) is 0 Å². The van der Waals surface area contributed by atoms with Gasteiger partial charge in [-0.05, 0) is 37.1 Å². The fourth-order valence-corrected chi connectivity index (χ4v) is 1.76. The number of phenols is 1. The minimum Gasteiger partial charge on any atom is -0.508 e. The van der Waals surface area contributed by atoms with Gasteiger partial charge in [-0.2, -0.15) is 0 Å². The second-order valence-corrected chi connectivity index (χ2v) is 4.49. The Labute approximate surface area is 124 Å². The van der Waals surface area contributed by atoms with Crippen molar-refractivity contribution in [1.29, 1.82) is 0 Å². The van der Waals surface area contributed by atoms with E-state index >= 15 is 0 Å². The maximum atomic E-state index is 12.1. The summed E-state index contributed by atoms with van der Waals surface area (Å²) in [6, 6.07) is 6.50. The van der Waals surface area contributed by atoms with Gasteiger partial charge in [-0.3, -0.25) is 9.59 Å². The van der Waals surface area contributed by atoms with E-state index in [2.05, 4.69) is 0 Å². The normalized spacial score (nSPS) is 10.6. The zero-order valence-electron chi connectivity index (χ0n) is 12.4. The van der Waals surface area contributed by atoms with Crippen molar-refractivity contribution in [3.63, 3.8) is 0 Å². The number of ether oxygens (including phenoxy) is 1. The molecule has 0 aliphatic heterocycles. The third-order valence-electron chi connectivity index (χ3n) is 2.74. The molecule has 114 valence electrons. The molecule has 0 atom stereocenters. The SMILES string of the molecule is CCCN(CC(=O)OCC)C(=O)/C=C/c1ccc(O)cc1. The van der Waals surface area contributed by atoms with Crippen LogP contribution in [0.15, 0.2) is 30.3 Å². The number of phenolic OH excluding ortho intramolecular Hbond substituents is 1. The van der Waals surface area contributed by atoms with Gasteiger partial charge in [0.25, 0.3) is 0 Å². The number of carbonyl (C=O) groups excluding carboxylic acids is 2. The van der Waals surface area contributed by atoms with Gasteiger partial charge in [0.1, 0.15) is 12.3 Å². The molecule has 1 aromatic rings. The molecule has 0 aliphatic carbocycles. The van der Waals surface area contributed by atoms with Crippen LogP contribution >= 0.6 is 0 Å². The summed E-state index contributed by atoms with van der Waals surface area (Å²) in [6.07, 6.45) is 3.83. The van der Waals surface area contributed by atoms with E-state index in [9.17, 15) is 14.7 Å². The lowest BCUT2D eigenvalue weighted by Gasteiger charge is -2.19. The first-order valence-corrected chi connectivity index (χ1v) is 6.98. The first-order valence-electron chi connectivity index (χ1n) is 6.98. The standard InChI is InChI=1S/C16H21NO4/c1-3-11-17(12-16(20)21-4-2)15(19)10-7-13-5-8-14(18)9-6-13/h5-10,18H,3-4,11-12H2,1-2H3/b10-7+. The van der Waals surface area contributed by atoms with E-state index < -0.39 is 5.97 Å². The van der Waals surface area contributed by atoms with Crippen LogP contribution in [0, 0.1) is 0 Å². The smallest absolute Gasteiger partial charge is 0.325 e. The molecule has 0 saturated carbocycles. The Bertz CT molecular complexity index is 494. The lowest BCUT2D eigenvalue weighted by molar-refractivity contribution is -0.147. The lowest BCUT2D eigenvalue weighted by Crippen LogP contribution is -2.36. The summed E-state index contributed by atoms with van der Waals surface area (Å²) in [4.78, 5) is 25.0. The van der Waals surface area contributed by atoms with Crippen molar-refractivity contribution in [2.45, 2.75) is 20.3 Å². The number of rotatable bonds is 7. The van der Waals surface area contributed by atoms with E-state index in [4.69, 9.17) is 4.74 Å². The van der Waals surface area contributed by atoms with Gasteiger partial charge in [0.2, 0.25) is 5.91 Å². The first kappa shape index (κ1) is 16.8. The molecule has 0 aromatic heterocycles. The summed E-state index contributed by atoms with van der Waals surface area (Å²) in [5, 5.41) is 9.19. The second-order valence-electron chi connectivity index (χ2n) is 4.49. The van der Waals surface area contributed by atoms with E-state index in [1.165, 1.54) is 11.0 Å². The minimum absolute atomic E-state index is 0.0412. The molecule has 0 radical (unpaired) electrons. The highest BCUT2D eigenvalue weighted by Crippen LogP contribution is 2.11. The molecule has 5 nitrogen and oxygen atoms in total. The third kappa shape index (κ3) is 6.12. The van der Waals surface area contributed by atoms with Crippen LogP contribution in [-0.2, 0) is 14.3 Å². The van der Waals surface area contributed by atoms with Crippen molar-refractivity contribution in [2.75, 3.05) is 19.7 Å². The van der Waals surface area contributed by atoms with E-state index in [1.807, 2.05) is 6.92 Å². The molecule has 0 unspecified atom stereocenters. The van der Waals surface area contributed by atoms with Crippen LogP contribution in [0.3, 0.4) is 0 Å². The van der Waals surface area contributed by atoms with Crippen molar-refractivity contribution >= 4 is 18.0 Å². The number of hydrogen-bond acceptors (Lipinski definition) is 4. The molecule has 1 rings (SSSR count). The summed E-state index contributed by atoms with van der Waals surface area (Å²) in [5.41, 5.74) is 0.800. The summed E-state index contributed by atoms with van der Waals surface area (Å²) in [6.45, 7) is 4.43. The Kier molecular flexibility index (Phi) is 7.01. The van der Waals surface area contributed by atoms with Crippen LogP contribution in [0.1, 0.15) is 25.8 Å². The molecule has 1 amide bonds. The van der Waals surface area contributed by atoms with Gasteiger partial charge >= 0.3 is 5.97 Å². The number of amides is 1. The number of benzene rings is 1. The molecule has 0 saturated heterocycles. The van der Waals surface area contributed by atoms with Gasteiger partial charge in [0.05, 0.1) is 6.61 Å². The molecule has 0 heterocycles. The zero-order chi connectivity index (χ0) is 15.7. The monoisotopic (exact) mass is 291 g/mol. The van der Waals surface area contributed by atoms with Gasteiger partial charge in [-0.1, -0.05) is 19.1 Å². The summed E-state index contributed by atoms with van der Waals surface area (Å²) >= 11 is 0. The summed E-state index contributed by atoms with van der Waals surface area (Å²) in [7, 11) is 0. The van der Waals surface area contributed by atoms with Gasteiger partial charge in [0.15, 0.2) is 0 Å². The molecule has 21 heavy (non-hydrogen) atoms. The molecule has 0 aliphatic rings. The predicted octanol–water partition coefficient (Wildman–Crippen LogP) is 2.21. The highest BCUT2D eigenvalue weighted by molar-refractivity contribution is 5.93. The molecule has 0 fully saturated rings. The minimum atomic E-state index is -0.405. The molecule has 1 aromatic carbocycles. The summed E-state index contributed by atoms with van der Waals surface area (Å²) in [5.74, 6) is -0.469. The van der Waals surface area contributed by atoms with Gasteiger partial charge in [-0.25, -0.2) is 0 Å². The Morgan fingerprint density at radius 2 is 1.90 bits per heavy atom. The highest BCUT2D eigenvalue weighted by atomic mass is 16.5. The quantitative estimate of drug-likeness (QED) is 0.618. The van der Waals surface area contributed by atoms with Gasteiger partial charge in [0, 0.05) is 12.6 Å². The summed E-state index contributed by atoms with van der Waals surface area (Å²) < 4.78 is 4.86. The number of hydrogen-bond donors (Lipinski definition) is 1. The zero-order valence-corrected chi connectivity index (χ0v) is 12.4. The molecular formula is C16H21NO4. The Hall–Kier alpha value is -2.30. The van der Waals surface area contributed by atoms with Crippen molar-refractivity contribution in [2.24, 2.45) is 0 Å². The number of carbonyl (C=O) groups is 2. The molecular weight excluding hydrogens is 270 g/mol. The van der Waals surface area contributed by atoms with Crippen molar-refractivity contribution in [3.05, 3.63) is 35.9 Å². The number of aromatic hydroxyl groups is 1. The van der Waals surface area contributed by atoms with E-state index in [0.29, 0.717) is 13.2 Å². The van der Waals surface area contributed by atoms with E-state index in [1.54, 1.807) is 37.3 Å². The van der Waals surface area contributed by atoms with Crippen LogP contribution < -0.4 is 0 Å². The first-order chi connectivity index (χ1) is 10.1. The average Bonchev–Trinajstić information content (AvgIpc) is 2.46. The fraction of sp³-hybridized carbons (Fsp3) is 0.375. The number of esters is 1. The molecule has 5 heteroatoms. The third-order valence-corrected chi connectivity index (χ3v) is 2.74. The molecule has 1 N–H and O–H groups in total. The van der Waals surface area contributed by atoms with Crippen molar-refractivity contribution < 1.29 is 19.4 Å². The second kappa shape index (κ2) is 8.79. The molecule has 0 spiro atoms. The molecule has 0 bridgehead atoms. The maximum Gasteiger partial charge on any atom is 0.325 e. The van der Waals surface area contributed by atoms with Crippen molar-refractivity contribution in [3.8, 4) is 5.75 Å². The van der Waals surface area contributed by atoms with E-state index in [0.717, 1.165) is 12.0 Å². The fourth-order valence-electron chi connectivity index (χ4n) is 1.76. The van der Waals surface area contributed by atoms with Crippen LogP contribution in [0.25, 0.3) is 6.08 Å². The van der Waals surface area contributed by atoms with Crippen LogP contribution in [0.5, 0.6) is 5.75 Å². The maximum absolute atomic E-state index is 12.1. The Morgan fingerprint density at radius 1 is 1.24 bits per heavy atom. The number of nitrogens with zero attached hydrogens (tertiary/aromatic N) is 1. The Morgan fingerprint density at radius 3 is 2.48 bits per heavy atom. The van der Waals surface area contributed by atoms with Crippen LogP contribution in [0.4, 0.5) is 0 Å². The predicted molar refractivity (Wildman–Crippen MR) is 80.6 cm³/mol. The highest BCUT2D eigenvalue weighted by Gasteiger charge is 2.14. The van der Waals surface area contributed by atoms with Crippen LogP contribution in [0.2, 0.25) is 0 Å². The van der Waals surface area contributed by atoms with Crippen LogP contribution in [-0.4, -0.2) is 41.6 Å². The van der Waals surface area contributed by atoms with Gasteiger partial charge < -0.3 is 14.7 Å². The topological polar surface area (TPSA) is 66.8 Å². The Balaban J connectivity index is 2.67. The largest absolute Gasteiger partial charge is 0.508 e. The lowest BCUT2D eigenvalue weighted by atomic mass is 10.2. The average molecular weight is 291 g/mol.